The second-order valence-corrected chi connectivity index (χ2v) is 2.48. The highest BCUT2D eigenvalue weighted by molar-refractivity contribution is 6.92. The lowest BCUT2D eigenvalue weighted by molar-refractivity contribution is -0.137. The van der Waals surface area contributed by atoms with Crippen LogP contribution in [0.25, 0.3) is 0 Å². The monoisotopic (exact) mass is 316 g/mol. The number of rotatable bonds is 5. The maximum Gasteiger partial charge on any atom is 0.305 e. The molecule has 7 nitrogen and oxygen atoms in total. The average Bonchev–Trinajstić information content (AvgIpc) is 2.19. The van der Waals surface area contributed by atoms with E-state index in [2.05, 4.69) is 4.99 Å². The van der Waals surface area contributed by atoms with Crippen LogP contribution in [0.3, 0.4) is 0 Å². The van der Waals surface area contributed by atoms with Crippen LogP contribution >= 0.6 is 19.8 Å². The molecule has 0 saturated heterocycles. The zero-order valence-electron chi connectivity index (χ0n) is 11.5. The lowest BCUT2D eigenvalue weighted by atomic mass is 10.4. The van der Waals surface area contributed by atoms with Crippen molar-refractivity contribution >= 4 is 44.2 Å². The quantitative estimate of drug-likeness (QED) is 0.380. The maximum atomic E-state index is 9.80. The molecule has 0 bridgehead atoms. The molecular formula is C10H26N2O5P2. The summed E-state index contributed by atoms with van der Waals surface area (Å²) >= 11 is 0. The third-order valence-electron chi connectivity index (χ3n) is 0.996. The first kappa shape index (κ1) is 30.8. The molecule has 0 aromatic carbocycles. The Balaban J connectivity index is -0.0000000535. The molecule has 0 aliphatic carbocycles. The van der Waals surface area contributed by atoms with Gasteiger partial charge in [-0.3, -0.25) is 14.6 Å². The van der Waals surface area contributed by atoms with Crippen molar-refractivity contribution in [3.8, 4) is 0 Å². The fourth-order valence-corrected chi connectivity index (χ4v) is 0.413. The summed E-state index contributed by atoms with van der Waals surface area (Å²) in [5.74, 6) is -1.63. The molecule has 0 heterocycles. The largest absolute Gasteiger partial charge is 0.481 e. The van der Waals surface area contributed by atoms with E-state index in [0.717, 1.165) is 6.29 Å². The Hall–Kier alpha value is -0.900. The molecule has 19 heavy (non-hydrogen) atoms. The van der Waals surface area contributed by atoms with Crippen LogP contribution in [0.15, 0.2) is 4.99 Å². The summed E-state index contributed by atoms with van der Waals surface area (Å²) in [6.45, 7) is 3.84. The number of aliphatic carboxylic acids is 2. The van der Waals surface area contributed by atoms with Gasteiger partial charge >= 0.3 is 11.9 Å². The molecule has 0 aliphatic heterocycles. The first-order valence-electron chi connectivity index (χ1n) is 4.94. The highest BCUT2D eigenvalue weighted by Crippen LogP contribution is 1.77. The minimum absolute atomic E-state index is 0. The number of aldehydes is 1. The lowest BCUT2D eigenvalue weighted by Crippen LogP contribution is -2.05. The molecule has 9 heteroatoms. The van der Waals surface area contributed by atoms with E-state index in [4.69, 9.17) is 20.7 Å². The summed E-state index contributed by atoms with van der Waals surface area (Å²) in [6.07, 6.45) is 2.55. The molecule has 0 fully saturated rings. The average molecular weight is 316 g/mol. The molecule has 0 aliphatic rings. The summed E-state index contributed by atoms with van der Waals surface area (Å²) in [5, 5.41) is 15.9. The van der Waals surface area contributed by atoms with Crippen LogP contribution in [0.4, 0.5) is 0 Å². The number of nitrogens with zero attached hydrogens (tertiary/aromatic N) is 1. The Labute approximate surface area is 120 Å². The normalized spacial score (nSPS) is 7.53. The van der Waals surface area contributed by atoms with Crippen molar-refractivity contribution in [2.24, 2.45) is 10.7 Å². The minimum Gasteiger partial charge on any atom is -0.481 e. The van der Waals surface area contributed by atoms with Gasteiger partial charge in [0.15, 0.2) is 0 Å². The van der Waals surface area contributed by atoms with Gasteiger partial charge in [-0.15, -0.1) is 0 Å². The number of hydrogen-bond acceptors (Lipinski definition) is 5. The first-order chi connectivity index (χ1) is 7.95. The van der Waals surface area contributed by atoms with Crippen molar-refractivity contribution in [3.05, 3.63) is 0 Å². The van der Waals surface area contributed by atoms with E-state index in [0.29, 0.717) is 6.54 Å². The van der Waals surface area contributed by atoms with Gasteiger partial charge in [0.2, 0.25) is 0 Å². The van der Waals surface area contributed by atoms with Crippen LogP contribution in [0.1, 0.15) is 26.7 Å². The summed E-state index contributed by atoms with van der Waals surface area (Å²) in [6, 6.07) is 0. The maximum absolute atomic E-state index is 9.80. The number of carbonyl (C=O) groups is 3. The number of carboxylic acids is 2. The molecule has 4 N–H and O–H groups in total. The zero-order valence-corrected chi connectivity index (χ0v) is 14.4. The lowest BCUT2D eigenvalue weighted by Gasteiger charge is -1.84. The van der Waals surface area contributed by atoms with Gasteiger partial charge in [-0.05, 0) is 20.1 Å². The summed E-state index contributed by atoms with van der Waals surface area (Å²) in [7, 11) is 0. The van der Waals surface area contributed by atoms with E-state index < -0.39 is 11.9 Å². The summed E-state index contributed by atoms with van der Waals surface area (Å²) < 4.78 is 0. The second kappa shape index (κ2) is 30.3. The van der Waals surface area contributed by atoms with E-state index in [1.165, 1.54) is 6.92 Å². The van der Waals surface area contributed by atoms with Gasteiger partial charge < -0.3 is 20.7 Å². The molecular weight excluding hydrogens is 290 g/mol. The number of carbonyl (C=O) groups excluding carboxylic acids is 1. The first-order valence-corrected chi connectivity index (χ1v) is 4.94. The van der Waals surface area contributed by atoms with E-state index in [9.17, 15) is 9.59 Å². The van der Waals surface area contributed by atoms with Gasteiger partial charge in [-0.25, -0.2) is 0 Å². The topological polar surface area (TPSA) is 130 Å². The highest BCUT2D eigenvalue weighted by Gasteiger charge is 1.90. The predicted molar refractivity (Wildman–Crippen MR) is 86.5 cm³/mol. The van der Waals surface area contributed by atoms with E-state index in [1.807, 2.05) is 0 Å². The fourth-order valence-electron chi connectivity index (χ4n) is 0.413. The Morgan fingerprint density at radius 3 is 1.63 bits per heavy atom. The number of aliphatic imine (C=N–C) groups is 1. The Morgan fingerprint density at radius 2 is 1.47 bits per heavy atom. The second-order valence-electron chi connectivity index (χ2n) is 2.48. The number of carboxylic acid groups (broad SMARTS) is 2. The van der Waals surface area contributed by atoms with Gasteiger partial charge in [0.25, 0.3) is 0 Å². The molecule has 0 spiro atoms. The van der Waals surface area contributed by atoms with Gasteiger partial charge in [0.05, 0.1) is 12.8 Å². The van der Waals surface area contributed by atoms with Crippen LogP contribution < -0.4 is 5.73 Å². The third kappa shape index (κ3) is 77.3. The molecule has 2 unspecified atom stereocenters. The SMILES string of the molecule is CC=NCCC(=O)O.CC=O.NCCC(=O)O.P.P. The van der Waals surface area contributed by atoms with Gasteiger partial charge in [0, 0.05) is 13.1 Å². The van der Waals surface area contributed by atoms with Crippen LogP contribution in [0.5, 0.6) is 0 Å². The van der Waals surface area contributed by atoms with Gasteiger partial charge in [-0.1, -0.05) is 0 Å². The van der Waals surface area contributed by atoms with Crippen LogP contribution in [0.2, 0.25) is 0 Å². The molecule has 0 amide bonds. The van der Waals surface area contributed by atoms with E-state index >= 15 is 0 Å². The van der Waals surface area contributed by atoms with Crippen LogP contribution in [-0.2, 0) is 14.4 Å². The number of hydrogen-bond donors (Lipinski definition) is 3. The Bertz CT molecular complexity index is 238. The van der Waals surface area contributed by atoms with Crippen molar-refractivity contribution in [1.82, 2.24) is 0 Å². The Kier molecular flexibility index (Phi) is 49.1. The summed E-state index contributed by atoms with van der Waals surface area (Å²) in [5.41, 5.74) is 4.85. The van der Waals surface area contributed by atoms with Crippen molar-refractivity contribution < 1.29 is 24.6 Å². The van der Waals surface area contributed by atoms with Crippen LogP contribution in [0, 0.1) is 0 Å². The number of nitrogens with two attached hydrogens (primary N) is 1. The molecule has 0 radical (unpaired) electrons. The molecule has 116 valence electrons. The summed E-state index contributed by atoms with van der Waals surface area (Å²) in [4.78, 5) is 31.8. The highest BCUT2D eigenvalue weighted by atomic mass is 31.0. The van der Waals surface area contributed by atoms with Crippen molar-refractivity contribution in [3.63, 3.8) is 0 Å². The van der Waals surface area contributed by atoms with Gasteiger partial charge in [0.1, 0.15) is 6.29 Å². The van der Waals surface area contributed by atoms with Crippen molar-refractivity contribution in [1.29, 1.82) is 0 Å². The molecule has 0 aromatic rings. The molecule has 0 aromatic heterocycles. The van der Waals surface area contributed by atoms with E-state index in [-0.39, 0.29) is 39.2 Å². The fraction of sp³-hybridized carbons (Fsp3) is 0.600. The van der Waals surface area contributed by atoms with Gasteiger partial charge in [-0.2, -0.15) is 19.8 Å². The minimum atomic E-state index is -0.836. The van der Waals surface area contributed by atoms with E-state index in [1.54, 1.807) is 13.1 Å². The van der Waals surface area contributed by atoms with Crippen molar-refractivity contribution in [2.75, 3.05) is 13.1 Å². The molecule has 2 atom stereocenters. The van der Waals surface area contributed by atoms with Crippen LogP contribution in [-0.4, -0.2) is 47.7 Å². The standard InChI is InChI=1S/C5H9NO2.C3H7NO2.C2H4O.2H3P/c1-2-6-4-3-5(7)8;4-2-1-3(5)6;1-2-3;;/h2H,3-4H2,1H3,(H,7,8);1-2,4H2,(H,5,6);2H,1H3;2*1H3. The predicted octanol–water partition coefficient (Wildman–Crippen LogP) is 0.293. The zero-order chi connectivity index (χ0) is 14.1. The molecule has 0 saturated carbocycles. The third-order valence-corrected chi connectivity index (χ3v) is 0.996. The smallest absolute Gasteiger partial charge is 0.305 e. The molecule has 0 rings (SSSR count). The Morgan fingerprint density at radius 1 is 1.11 bits per heavy atom. The van der Waals surface area contributed by atoms with Crippen molar-refractivity contribution in [2.45, 2.75) is 26.7 Å².